The summed E-state index contributed by atoms with van der Waals surface area (Å²) in [7, 11) is 0. The Morgan fingerprint density at radius 2 is 2.13 bits per heavy atom. The molecule has 0 aliphatic carbocycles. The second-order valence-corrected chi connectivity index (χ2v) is 7.70. The van der Waals surface area contributed by atoms with E-state index in [1.807, 2.05) is 24.3 Å². The lowest BCUT2D eigenvalue weighted by atomic mass is 10.2. The topological polar surface area (TPSA) is 62.3 Å². The number of benzene rings is 1. The molecule has 0 fully saturated rings. The minimum absolute atomic E-state index is 0.125. The van der Waals surface area contributed by atoms with Gasteiger partial charge >= 0.3 is 0 Å². The molecule has 0 unspecified atom stereocenters. The third-order valence-electron chi connectivity index (χ3n) is 3.49. The fraction of sp³-hybridized carbons (Fsp3) is 0.312. The Morgan fingerprint density at radius 3 is 2.91 bits per heavy atom. The molecule has 120 valence electrons. The van der Waals surface area contributed by atoms with Gasteiger partial charge in [0.1, 0.15) is 5.69 Å². The van der Waals surface area contributed by atoms with Crippen LogP contribution in [0.4, 0.5) is 10.8 Å². The lowest BCUT2D eigenvalue weighted by Crippen LogP contribution is -2.32. The van der Waals surface area contributed by atoms with E-state index in [9.17, 15) is 9.59 Å². The number of para-hydroxylation sites is 1. The van der Waals surface area contributed by atoms with Crippen LogP contribution in [0.3, 0.4) is 0 Å². The summed E-state index contributed by atoms with van der Waals surface area (Å²) >= 11 is 3.06. The average Bonchev–Trinajstić information content (AvgIpc) is 2.89. The summed E-state index contributed by atoms with van der Waals surface area (Å²) in [5.41, 5.74) is 1.30. The maximum Gasteiger partial charge on any atom is 0.277 e. The molecule has 1 aliphatic heterocycles. The molecule has 0 spiro atoms. The van der Waals surface area contributed by atoms with Crippen molar-refractivity contribution in [3.63, 3.8) is 0 Å². The van der Waals surface area contributed by atoms with Crippen LogP contribution in [-0.2, 0) is 4.79 Å². The van der Waals surface area contributed by atoms with Crippen LogP contribution in [0.5, 0.6) is 0 Å². The minimum Gasteiger partial charge on any atom is -0.306 e. The van der Waals surface area contributed by atoms with Crippen LogP contribution in [0, 0.1) is 0 Å². The van der Waals surface area contributed by atoms with E-state index >= 15 is 0 Å². The summed E-state index contributed by atoms with van der Waals surface area (Å²) in [6.45, 7) is 4.26. The Labute approximate surface area is 143 Å². The lowest BCUT2D eigenvalue weighted by molar-refractivity contribution is -0.114. The molecule has 5 nitrogen and oxygen atoms in total. The van der Waals surface area contributed by atoms with Gasteiger partial charge in [-0.25, -0.2) is 4.98 Å². The maximum atomic E-state index is 12.9. The predicted molar refractivity (Wildman–Crippen MR) is 94.5 cm³/mol. The second kappa shape index (κ2) is 6.72. The highest BCUT2D eigenvalue weighted by Crippen LogP contribution is 2.37. The van der Waals surface area contributed by atoms with E-state index in [-0.39, 0.29) is 11.8 Å². The summed E-state index contributed by atoms with van der Waals surface area (Å²) in [6, 6.07) is 7.95. The molecule has 1 aliphatic rings. The van der Waals surface area contributed by atoms with Crippen LogP contribution in [0.15, 0.2) is 34.5 Å². The van der Waals surface area contributed by atoms with Gasteiger partial charge in [0.15, 0.2) is 5.13 Å². The lowest BCUT2D eigenvalue weighted by Gasteiger charge is -2.21. The maximum absolute atomic E-state index is 12.9. The highest BCUT2D eigenvalue weighted by atomic mass is 32.2. The Hall–Kier alpha value is -1.86. The van der Waals surface area contributed by atoms with Crippen molar-refractivity contribution in [2.24, 2.45) is 0 Å². The monoisotopic (exact) mass is 347 g/mol. The summed E-state index contributed by atoms with van der Waals surface area (Å²) in [6.07, 6.45) is 0.924. The van der Waals surface area contributed by atoms with Crippen molar-refractivity contribution in [1.82, 2.24) is 4.98 Å². The number of thioether (sulfide) groups is 1. The first-order valence-electron chi connectivity index (χ1n) is 7.35. The molecule has 0 saturated carbocycles. The van der Waals surface area contributed by atoms with Crippen LogP contribution in [-0.4, -0.2) is 28.6 Å². The van der Waals surface area contributed by atoms with Crippen molar-refractivity contribution in [2.75, 3.05) is 16.8 Å². The highest BCUT2D eigenvalue weighted by molar-refractivity contribution is 8.00. The first-order chi connectivity index (χ1) is 11.0. The number of hydrogen-bond donors (Lipinski definition) is 1. The minimum atomic E-state index is -0.191. The zero-order chi connectivity index (χ0) is 16.4. The van der Waals surface area contributed by atoms with Gasteiger partial charge in [-0.2, -0.15) is 0 Å². The number of nitrogens with zero attached hydrogens (tertiary/aromatic N) is 2. The van der Waals surface area contributed by atoms with E-state index in [0.717, 1.165) is 17.0 Å². The summed E-state index contributed by atoms with van der Waals surface area (Å²) in [5.74, 6) is -0.316. The standard InChI is InChI=1S/C16H17N3O2S2/c1-10-7-8-19(13-5-3-4-6-14(13)23-10)15(21)12-9-22-16(18-12)17-11(2)20/h3-6,9-10H,7-8H2,1-2H3,(H,17,18,20)/t10-/m0/s1. The van der Waals surface area contributed by atoms with Crippen LogP contribution in [0.1, 0.15) is 30.8 Å². The quantitative estimate of drug-likeness (QED) is 0.901. The van der Waals surface area contributed by atoms with Gasteiger partial charge in [-0.3, -0.25) is 9.59 Å². The van der Waals surface area contributed by atoms with Crippen LogP contribution in [0.2, 0.25) is 0 Å². The van der Waals surface area contributed by atoms with Gasteiger partial charge in [0.05, 0.1) is 5.69 Å². The predicted octanol–water partition coefficient (Wildman–Crippen LogP) is 3.63. The Kier molecular flexibility index (Phi) is 4.68. The molecule has 2 aromatic rings. The molecule has 7 heteroatoms. The molecular formula is C16H17N3O2S2. The Bertz CT molecular complexity index is 744. The van der Waals surface area contributed by atoms with E-state index in [0.29, 0.717) is 22.6 Å². The van der Waals surface area contributed by atoms with Crippen molar-refractivity contribution >= 4 is 45.7 Å². The van der Waals surface area contributed by atoms with Gasteiger partial charge in [-0.1, -0.05) is 19.1 Å². The third kappa shape index (κ3) is 3.56. The molecule has 1 aromatic carbocycles. The first kappa shape index (κ1) is 16.0. The number of amides is 2. The summed E-state index contributed by atoms with van der Waals surface area (Å²) < 4.78 is 0. The summed E-state index contributed by atoms with van der Waals surface area (Å²) in [5, 5.41) is 5.22. The van der Waals surface area contributed by atoms with E-state index < -0.39 is 0 Å². The van der Waals surface area contributed by atoms with Crippen LogP contribution in [0.25, 0.3) is 0 Å². The zero-order valence-corrected chi connectivity index (χ0v) is 14.5. The van der Waals surface area contributed by atoms with Gasteiger partial charge < -0.3 is 10.2 Å². The fourth-order valence-corrected chi connectivity index (χ4v) is 4.26. The molecular weight excluding hydrogens is 330 g/mol. The molecule has 0 radical (unpaired) electrons. The number of carbonyl (C=O) groups is 2. The molecule has 0 saturated heterocycles. The number of fused-ring (bicyclic) bond motifs is 1. The van der Waals surface area contributed by atoms with E-state index in [1.165, 1.54) is 18.3 Å². The zero-order valence-electron chi connectivity index (χ0n) is 12.9. The number of nitrogens with one attached hydrogen (secondary N) is 1. The molecule has 0 bridgehead atoms. The molecule has 23 heavy (non-hydrogen) atoms. The fourth-order valence-electron chi connectivity index (χ4n) is 2.42. The number of thiazole rings is 1. The van der Waals surface area contributed by atoms with Gasteiger partial charge in [0.2, 0.25) is 5.91 Å². The number of hydrogen-bond acceptors (Lipinski definition) is 5. The highest BCUT2D eigenvalue weighted by Gasteiger charge is 2.26. The van der Waals surface area contributed by atoms with Crippen molar-refractivity contribution < 1.29 is 9.59 Å². The molecule has 1 N–H and O–H groups in total. The normalized spacial score (nSPS) is 17.3. The third-order valence-corrected chi connectivity index (χ3v) is 5.49. The smallest absolute Gasteiger partial charge is 0.277 e. The van der Waals surface area contributed by atoms with Gasteiger partial charge in [-0.15, -0.1) is 23.1 Å². The molecule has 1 aromatic heterocycles. The SMILES string of the molecule is CC(=O)Nc1nc(C(=O)N2CC[C@H](C)Sc3ccccc32)cs1. The van der Waals surface area contributed by atoms with E-state index in [2.05, 4.69) is 17.2 Å². The van der Waals surface area contributed by atoms with Gasteiger partial charge in [0, 0.05) is 29.0 Å². The van der Waals surface area contributed by atoms with Crippen molar-refractivity contribution in [2.45, 2.75) is 30.4 Å². The second-order valence-electron chi connectivity index (χ2n) is 5.36. The summed E-state index contributed by atoms with van der Waals surface area (Å²) in [4.78, 5) is 31.1. The number of rotatable bonds is 2. The van der Waals surface area contributed by atoms with E-state index in [4.69, 9.17) is 0 Å². The average molecular weight is 347 g/mol. The van der Waals surface area contributed by atoms with Gasteiger partial charge in [-0.05, 0) is 18.6 Å². The Balaban J connectivity index is 1.89. The molecule has 3 rings (SSSR count). The largest absolute Gasteiger partial charge is 0.306 e. The van der Waals surface area contributed by atoms with Crippen molar-refractivity contribution in [3.05, 3.63) is 35.3 Å². The number of anilines is 2. The molecule has 2 amide bonds. The Morgan fingerprint density at radius 1 is 1.35 bits per heavy atom. The first-order valence-corrected chi connectivity index (χ1v) is 9.11. The van der Waals surface area contributed by atoms with Crippen LogP contribution < -0.4 is 10.2 Å². The molecule has 1 atom stereocenters. The number of carbonyl (C=O) groups excluding carboxylic acids is 2. The van der Waals surface area contributed by atoms with Crippen LogP contribution >= 0.6 is 23.1 Å². The van der Waals surface area contributed by atoms with Crippen molar-refractivity contribution in [1.29, 1.82) is 0 Å². The van der Waals surface area contributed by atoms with Crippen molar-refractivity contribution in [3.8, 4) is 0 Å². The van der Waals surface area contributed by atoms with E-state index in [1.54, 1.807) is 22.0 Å². The molecule has 2 heterocycles. The number of aromatic nitrogens is 1. The van der Waals surface area contributed by atoms with Gasteiger partial charge in [0.25, 0.3) is 5.91 Å².